The largest absolute Gasteiger partial charge is 0.392 e. The van der Waals surface area contributed by atoms with Crippen LogP contribution in [0.4, 0.5) is 8.78 Å². The van der Waals surface area contributed by atoms with Crippen LogP contribution in [0.5, 0.6) is 0 Å². The van der Waals surface area contributed by atoms with Gasteiger partial charge >= 0.3 is 15.4 Å². The van der Waals surface area contributed by atoms with Gasteiger partial charge in [0.15, 0.2) is 0 Å². The number of hydrogen-bond donors (Lipinski definition) is 2. The Morgan fingerprint density at radius 3 is 2.29 bits per heavy atom. The highest BCUT2D eigenvalue weighted by molar-refractivity contribution is 7.86. The molecule has 0 aromatic carbocycles. The van der Waals surface area contributed by atoms with Crippen LogP contribution >= 0.6 is 0 Å². The summed E-state index contributed by atoms with van der Waals surface area (Å²) in [5.74, 6) is 1.00. The number of hydrogen-bond acceptors (Lipinski definition) is 5. The molecule has 9 heteroatoms. The monoisotopic (exact) mass is 370 g/mol. The van der Waals surface area contributed by atoms with E-state index < -0.39 is 27.6 Å². The highest BCUT2D eigenvalue weighted by atomic mass is 32.2. The van der Waals surface area contributed by atoms with E-state index in [4.69, 9.17) is 9.29 Å². The Bertz CT molecular complexity index is 565. The van der Waals surface area contributed by atoms with Crippen LogP contribution in [-0.2, 0) is 19.6 Å². The number of alkyl halides is 2. The van der Waals surface area contributed by atoms with Crippen molar-refractivity contribution in [1.29, 1.82) is 0 Å². The molecular weight excluding hydrogens is 346 g/mol. The maximum atomic E-state index is 13.0. The summed E-state index contributed by atoms with van der Waals surface area (Å²) in [4.78, 5) is 0. The molecule has 140 valence electrons. The van der Waals surface area contributed by atoms with Crippen molar-refractivity contribution < 1.29 is 36.3 Å². The molecule has 4 fully saturated rings. The van der Waals surface area contributed by atoms with E-state index in [9.17, 15) is 22.3 Å². The van der Waals surface area contributed by atoms with Gasteiger partial charge in [0.2, 0.25) is 0 Å². The number of halogens is 2. The molecule has 0 spiro atoms. The highest BCUT2D eigenvalue weighted by Gasteiger charge is 2.57. The highest BCUT2D eigenvalue weighted by Crippen LogP contribution is 2.58. The number of ether oxygens (including phenoxy) is 2. The van der Waals surface area contributed by atoms with E-state index in [2.05, 4.69) is 4.74 Å². The summed E-state index contributed by atoms with van der Waals surface area (Å²) in [5.41, 5.74) is -0.921. The molecule has 0 saturated heterocycles. The van der Waals surface area contributed by atoms with Gasteiger partial charge in [-0.1, -0.05) is 0 Å². The first-order chi connectivity index (χ1) is 11.0. The first-order valence-electron chi connectivity index (χ1n) is 8.32. The Morgan fingerprint density at radius 2 is 1.75 bits per heavy atom. The fourth-order valence-electron chi connectivity index (χ4n) is 5.02. The van der Waals surface area contributed by atoms with Crippen LogP contribution in [-0.4, -0.2) is 54.4 Å². The molecule has 0 radical (unpaired) electrons. The van der Waals surface area contributed by atoms with Gasteiger partial charge in [-0.15, -0.1) is 0 Å². The van der Waals surface area contributed by atoms with Crippen LogP contribution in [0.15, 0.2) is 0 Å². The van der Waals surface area contributed by atoms with Crippen molar-refractivity contribution in [2.24, 2.45) is 11.8 Å². The van der Waals surface area contributed by atoms with E-state index in [-0.39, 0.29) is 12.2 Å². The van der Waals surface area contributed by atoms with Crippen LogP contribution in [0.1, 0.15) is 44.9 Å². The van der Waals surface area contributed by atoms with Gasteiger partial charge < -0.3 is 14.6 Å². The third kappa shape index (κ3) is 3.75. The molecule has 4 bridgehead atoms. The SMILES string of the molecule is O=S(=O)(O)C(F)(F)COCCCOC12CC3CC(CC(O)(C3)C1)C2. The molecule has 6 nitrogen and oxygen atoms in total. The van der Waals surface area contributed by atoms with Crippen molar-refractivity contribution in [2.75, 3.05) is 19.8 Å². The van der Waals surface area contributed by atoms with E-state index in [0.29, 0.717) is 31.3 Å². The minimum absolute atomic E-state index is 0.0850. The van der Waals surface area contributed by atoms with Gasteiger partial charge in [-0.3, -0.25) is 4.55 Å². The lowest BCUT2D eigenvalue weighted by Gasteiger charge is -2.59. The van der Waals surface area contributed by atoms with Crippen molar-refractivity contribution >= 4 is 10.1 Å². The quantitative estimate of drug-likeness (QED) is 0.501. The molecule has 0 amide bonds. The zero-order chi connectivity index (χ0) is 17.6. The Balaban J connectivity index is 1.40. The Hall–Kier alpha value is -0.350. The van der Waals surface area contributed by atoms with Gasteiger partial charge in [-0.2, -0.15) is 17.2 Å². The molecule has 4 aliphatic carbocycles. The molecule has 0 aliphatic heterocycles. The molecule has 0 aromatic heterocycles. The molecule has 4 rings (SSSR count). The minimum atomic E-state index is -5.45. The fourth-order valence-corrected chi connectivity index (χ4v) is 5.25. The Kier molecular flexibility index (Phi) is 4.70. The lowest BCUT2D eigenvalue weighted by molar-refractivity contribution is -0.220. The Labute approximate surface area is 140 Å². The average Bonchev–Trinajstić information content (AvgIpc) is 2.38. The second-order valence-electron chi connectivity index (χ2n) is 7.74. The molecule has 24 heavy (non-hydrogen) atoms. The average molecular weight is 370 g/mol. The van der Waals surface area contributed by atoms with Crippen LogP contribution in [0.25, 0.3) is 0 Å². The van der Waals surface area contributed by atoms with Gasteiger partial charge in [-0.05, 0) is 50.4 Å². The zero-order valence-electron chi connectivity index (χ0n) is 13.4. The van der Waals surface area contributed by atoms with Crippen LogP contribution in [0.2, 0.25) is 0 Å². The van der Waals surface area contributed by atoms with Gasteiger partial charge in [-0.25, -0.2) is 0 Å². The van der Waals surface area contributed by atoms with Crippen molar-refractivity contribution in [1.82, 2.24) is 0 Å². The summed E-state index contributed by atoms with van der Waals surface area (Å²) in [5, 5.41) is 6.31. The molecule has 2 atom stereocenters. The van der Waals surface area contributed by atoms with Crippen molar-refractivity contribution in [3.63, 3.8) is 0 Å². The van der Waals surface area contributed by atoms with Crippen LogP contribution in [0, 0.1) is 11.8 Å². The predicted octanol–water partition coefficient (Wildman–Crippen LogP) is 1.97. The summed E-state index contributed by atoms with van der Waals surface area (Å²) in [7, 11) is -5.45. The smallest absolute Gasteiger partial charge is 0.390 e. The summed E-state index contributed by atoms with van der Waals surface area (Å²) < 4.78 is 65.8. The van der Waals surface area contributed by atoms with Gasteiger partial charge in [0.05, 0.1) is 11.2 Å². The molecule has 4 saturated carbocycles. The van der Waals surface area contributed by atoms with Gasteiger partial charge in [0.25, 0.3) is 0 Å². The van der Waals surface area contributed by atoms with Crippen LogP contribution in [0.3, 0.4) is 0 Å². The molecule has 2 N–H and O–H groups in total. The fraction of sp³-hybridized carbons (Fsp3) is 1.00. The molecule has 2 unspecified atom stereocenters. The second kappa shape index (κ2) is 6.12. The molecule has 0 aromatic rings. The van der Waals surface area contributed by atoms with Gasteiger partial charge in [0, 0.05) is 19.6 Å². The van der Waals surface area contributed by atoms with E-state index in [1.807, 2.05) is 0 Å². The summed E-state index contributed by atoms with van der Waals surface area (Å²) in [6.07, 6.45) is 5.71. The minimum Gasteiger partial charge on any atom is -0.390 e. The summed E-state index contributed by atoms with van der Waals surface area (Å²) in [6, 6.07) is 0. The van der Waals surface area contributed by atoms with Crippen LogP contribution < -0.4 is 0 Å². The summed E-state index contributed by atoms with van der Waals surface area (Å²) >= 11 is 0. The molecule has 0 heterocycles. The first kappa shape index (κ1) is 18.4. The maximum absolute atomic E-state index is 13.0. The van der Waals surface area contributed by atoms with E-state index >= 15 is 0 Å². The van der Waals surface area contributed by atoms with E-state index in [0.717, 1.165) is 32.1 Å². The summed E-state index contributed by atoms with van der Waals surface area (Å²) in [6.45, 7) is -1.15. The Morgan fingerprint density at radius 1 is 1.12 bits per heavy atom. The van der Waals surface area contributed by atoms with Gasteiger partial charge in [0.1, 0.15) is 6.61 Å². The van der Waals surface area contributed by atoms with E-state index in [1.165, 1.54) is 0 Å². The van der Waals surface area contributed by atoms with Crippen molar-refractivity contribution in [3.05, 3.63) is 0 Å². The number of aliphatic hydroxyl groups is 1. The second-order valence-corrected chi connectivity index (χ2v) is 9.28. The number of rotatable bonds is 8. The topological polar surface area (TPSA) is 93.1 Å². The lowest BCUT2D eigenvalue weighted by atomic mass is 9.52. The normalized spacial score (nSPS) is 38.7. The molecular formula is C15H24F2O6S. The van der Waals surface area contributed by atoms with Crippen molar-refractivity contribution in [3.8, 4) is 0 Å². The van der Waals surface area contributed by atoms with E-state index in [1.54, 1.807) is 0 Å². The lowest BCUT2D eigenvalue weighted by Crippen LogP contribution is -2.60. The van der Waals surface area contributed by atoms with Crippen molar-refractivity contribution in [2.45, 2.75) is 61.4 Å². The standard InChI is InChI=1S/C15H24F2O6S/c16-15(17,24(19,20)21)10-22-2-1-3-23-14-7-11-4-12(8-14)6-13(18,5-11)9-14/h11-12,18H,1-10H2,(H,19,20,21). The predicted molar refractivity (Wildman–Crippen MR) is 80.2 cm³/mol. The third-order valence-electron chi connectivity index (χ3n) is 5.47. The third-order valence-corrected chi connectivity index (χ3v) is 6.34. The zero-order valence-corrected chi connectivity index (χ0v) is 14.2. The first-order valence-corrected chi connectivity index (χ1v) is 9.76. The molecule has 4 aliphatic rings. The maximum Gasteiger partial charge on any atom is 0.392 e.